The van der Waals surface area contributed by atoms with Crippen molar-refractivity contribution in [3.05, 3.63) is 61.4 Å². The van der Waals surface area contributed by atoms with Crippen LogP contribution in [0.5, 0.6) is 0 Å². The number of carbonyl (C=O) groups is 3. The van der Waals surface area contributed by atoms with Gasteiger partial charge in [-0.3, -0.25) is 14.4 Å². The van der Waals surface area contributed by atoms with E-state index in [0.29, 0.717) is 27.0 Å². The lowest BCUT2D eigenvalue weighted by atomic mass is 10.1. The Balaban J connectivity index is 1.81. The maximum Gasteiger partial charge on any atom is 0.267 e. The molecule has 0 atom stereocenters. The van der Waals surface area contributed by atoms with E-state index in [0.717, 1.165) is 21.1 Å². The molecular weight excluding hydrogens is 501 g/mol. The maximum atomic E-state index is 13.0. The van der Waals surface area contributed by atoms with Crippen LogP contribution in [0.2, 0.25) is 10.0 Å². The number of fused-ring (bicyclic) bond motifs is 1. The van der Waals surface area contributed by atoms with Gasteiger partial charge in [-0.1, -0.05) is 39.1 Å². The van der Waals surface area contributed by atoms with Crippen molar-refractivity contribution in [1.29, 1.82) is 0 Å². The number of aliphatic imine (C=N–C) groups is 1. The van der Waals surface area contributed by atoms with Gasteiger partial charge in [-0.15, -0.1) is 0 Å². The highest BCUT2D eigenvalue weighted by atomic mass is 79.9. The third kappa shape index (κ3) is 3.61. The fourth-order valence-electron chi connectivity index (χ4n) is 2.99. The first-order valence-electron chi connectivity index (χ1n) is 8.18. The van der Waals surface area contributed by atoms with Gasteiger partial charge < -0.3 is 5.32 Å². The van der Waals surface area contributed by atoms with E-state index in [1.54, 1.807) is 36.4 Å². The quantitative estimate of drug-likeness (QED) is 0.553. The van der Waals surface area contributed by atoms with Crippen molar-refractivity contribution in [3.8, 4) is 0 Å². The zero-order valence-electron chi connectivity index (χ0n) is 14.6. The molecule has 0 radical (unpaired) electrons. The van der Waals surface area contributed by atoms with E-state index in [1.165, 1.54) is 6.92 Å². The number of anilines is 1. The first kappa shape index (κ1) is 20.2. The lowest BCUT2D eigenvalue weighted by Crippen LogP contribution is -2.31. The number of carbonyl (C=O) groups excluding carboxylic acids is 3. The van der Waals surface area contributed by atoms with Gasteiger partial charge in [0.2, 0.25) is 5.91 Å². The molecule has 1 N–H and O–H groups in total. The minimum Gasteiger partial charge on any atom is -0.300 e. The molecule has 2 aliphatic rings. The van der Waals surface area contributed by atoms with Crippen LogP contribution in [0, 0.1) is 0 Å². The number of benzene rings is 2. The monoisotopic (exact) mass is 509 g/mol. The average Bonchev–Trinajstić information content (AvgIpc) is 3.13. The summed E-state index contributed by atoms with van der Waals surface area (Å²) >= 11 is 16.4. The lowest BCUT2D eigenvalue weighted by molar-refractivity contribution is -0.122. The molecule has 6 nitrogen and oxygen atoms in total. The largest absolute Gasteiger partial charge is 0.300 e. The summed E-state index contributed by atoms with van der Waals surface area (Å²) in [5, 5.41) is 3.70. The maximum absolute atomic E-state index is 13.0. The van der Waals surface area contributed by atoms with E-state index in [2.05, 4.69) is 26.2 Å². The van der Waals surface area contributed by atoms with Crippen LogP contribution >= 0.6 is 50.9 Å². The molecule has 0 bridgehead atoms. The molecule has 0 saturated carbocycles. The molecule has 0 aromatic heterocycles. The first-order chi connectivity index (χ1) is 13.8. The first-order valence-corrected chi connectivity index (χ1v) is 10.5. The molecule has 1 saturated heterocycles. The summed E-state index contributed by atoms with van der Waals surface area (Å²) in [6.45, 7) is 1.30. The summed E-state index contributed by atoms with van der Waals surface area (Å²) in [6, 6.07) is 9.89. The molecule has 0 unspecified atom stereocenters. The third-order valence-electron chi connectivity index (χ3n) is 4.18. The minimum absolute atomic E-state index is 0.159. The normalized spacial score (nSPS) is 19.7. The predicted molar refractivity (Wildman–Crippen MR) is 119 cm³/mol. The Bertz CT molecular complexity index is 1180. The number of amidine groups is 1. The molecule has 2 heterocycles. The van der Waals surface area contributed by atoms with Crippen molar-refractivity contribution >= 4 is 90.7 Å². The van der Waals surface area contributed by atoms with E-state index < -0.39 is 17.7 Å². The standard InChI is InChI=1S/C19H10BrCl2N3O3S/c1-8(26)25-14-5-2-9(20)6-11(14)15(18(25)28)16-17(27)24-19(29-16)23-13-4-3-10(21)7-12(13)22/h2-7H,1H3,(H,23,24,27)/b16-15+. The number of nitrogens with one attached hydrogen (secondary N) is 1. The molecule has 2 aromatic rings. The highest BCUT2D eigenvalue weighted by molar-refractivity contribution is 9.10. The Kier molecular flexibility index (Phi) is 5.29. The van der Waals surface area contributed by atoms with Crippen LogP contribution in [-0.2, 0) is 14.4 Å². The van der Waals surface area contributed by atoms with E-state index >= 15 is 0 Å². The molecule has 1 fully saturated rings. The number of hydrogen-bond acceptors (Lipinski definition) is 5. The second-order valence-corrected chi connectivity index (χ2v) is 8.85. The smallest absolute Gasteiger partial charge is 0.267 e. The molecule has 29 heavy (non-hydrogen) atoms. The number of rotatable bonds is 1. The lowest BCUT2D eigenvalue weighted by Gasteiger charge is -2.11. The molecule has 2 aromatic carbocycles. The Labute approximate surface area is 188 Å². The molecule has 0 spiro atoms. The molecule has 10 heteroatoms. The number of nitrogens with zero attached hydrogens (tertiary/aromatic N) is 2. The minimum atomic E-state index is -0.547. The molecular formula is C19H10BrCl2N3O3S. The van der Waals surface area contributed by atoms with Crippen LogP contribution in [-0.4, -0.2) is 22.9 Å². The third-order valence-corrected chi connectivity index (χ3v) is 6.20. The van der Waals surface area contributed by atoms with Gasteiger partial charge in [-0.25, -0.2) is 9.89 Å². The topological polar surface area (TPSA) is 78.8 Å². The summed E-state index contributed by atoms with van der Waals surface area (Å²) in [5.74, 6) is -1.45. The summed E-state index contributed by atoms with van der Waals surface area (Å²) in [6.07, 6.45) is 0. The molecule has 4 rings (SSSR count). The number of imide groups is 1. The van der Waals surface area contributed by atoms with Crippen molar-refractivity contribution in [2.45, 2.75) is 6.92 Å². The van der Waals surface area contributed by atoms with E-state index in [1.807, 2.05) is 0 Å². The van der Waals surface area contributed by atoms with Crippen molar-refractivity contribution in [2.75, 3.05) is 4.90 Å². The number of hydrogen-bond donors (Lipinski definition) is 1. The number of amides is 3. The predicted octanol–water partition coefficient (Wildman–Crippen LogP) is 4.91. The fourth-order valence-corrected chi connectivity index (χ4v) is 4.73. The van der Waals surface area contributed by atoms with Crippen LogP contribution < -0.4 is 10.2 Å². The van der Waals surface area contributed by atoms with Crippen molar-refractivity contribution in [2.24, 2.45) is 4.99 Å². The van der Waals surface area contributed by atoms with Crippen LogP contribution in [0.1, 0.15) is 12.5 Å². The highest BCUT2D eigenvalue weighted by Gasteiger charge is 2.41. The van der Waals surface area contributed by atoms with Gasteiger partial charge in [0.15, 0.2) is 5.17 Å². The van der Waals surface area contributed by atoms with Crippen LogP contribution in [0.15, 0.2) is 50.8 Å². The van der Waals surface area contributed by atoms with E-state index in [4.69, 9.17) is 23.2 Å². The molecule has 2 aliphatic heterocycles. The van der Waals surface area contributed by atoms with Gasteiger partial charge in [0.1, 0.15) is 0 Å². The SMILES string of the molecule is CC(=O)N1C(=O)/C(=C2/SC(=Nc3ccc(Cl)cc3Cl)NC2=O)c2cc(Br)ccc21. The molecule has 0 aliphatic carbocycles. The highest BCUT2D eigenvalue weighted by Crippen LogP contribution is 2.44. The van der Waals surface area contributed by atoms with Crippen LogP contribution in [0.3, 0.4) is 0 Å². The average molecular weight is 511 g/mol. The Hall–Kier alpha value is -2.13. The zero-order chi connectivity index (χ0) is 20.9. The summed E-state index contributed by atoms with van der Waals surface area (Å²) in [4.78, 5) is 43.2. The summed E-state index contributed by atoms with van der Waals surface area (Å²) in [5.41, 5.74) is 1.53. The van der Waals surface area contributed by atoms with Gasteiger partial charge in [0, 0.05) is 22.0 Å². The second kappa shape index (κ2) is 7.60. The van der Waals surface area contributed by atoms with E-state index in [-0.39, 0.29) is 15.6 Å². The molecule has 3 amide bonds. The van der Waals surface area contributed by atoms with E-state index in [9.17, 15) is 14.4 Å². The second-order valence-electron chi connectivity index (χ2n) is 6.09. The number of halogens is 3. The Morgan fingerprint density at radius 3 is 2.62 bits per heavy atom. The Morgan fingerprint density at radius 2 is 1.93 bits per heavy atom. The van der Waals surface area contributed by atoms with Gasteiger partial charge in [-0.05, 0) is 48.2 Å². The van der Waals surface area contributed by atoms with Crippen LogP contribution in [0.25, 0.3) is 5.57 Å². The van der Waals surface area contributed by atoms with Gasteiger partial charge in [0.25, 0.3) is 11.8 Å². The summed E-state index contributed by atoms with van der Waals surface area (Å²) in [7, 11) is 0. The van der Waals surface area contributed by atoms with Gasteiger partial charge >= 0.3 is 0 Å². The summed E-state index contributed by atoms with van der Waals surface area (Å²) < 4.78 is 0.720. The van der Waals surface area contributed by atoms with Gasteiger partial charge in [-0.2, -0.15) is 0 Å². The number of thioether (sulfide) groups is 1. The van der Waals surface area contributed by atoms with Crippen LogP contribution in [0.4, 0.5) is 11.4 Å². The molecule has 146 valence electrons. The Morgan fingerprint density at radius 1 is 1.17 bits per heavy atom. The fraction of sp³-hybridized carbons (Fsp3) is 0.0526. The van der Waals surface area contributed by atoms with Crippen molar-refractivity contribution < 1.29 is 14.4 Å². The van der Waals surface area contributed by atoms with Crippen molar-refractivity contribution in [3.63, 3.8) is 0 Å². The van der Waals surface area contributed by atoms with Gasteiger partial charge in [0.05, 0.1) is 26.9 Å². The zero-order valence-corrected chi connectivity index (χ0v) is 18.5. The van der Waals surface area contributed by atoms with Crippen molar-refractivity contribution in [1.82, 2.24) is 5.32 Å².